The quantitative estimate of drug-likeness (QED) is 0.786. The standard InChI is InChI=1S/C16H18O2.C2H6/c1-12-9-15(10-13(2)16(12)17-3)18-11-14-7-5-4-6-8-14;1-2/h4-10H,11H2,1-3H3;1-2H3. The molecule has 0 heterocycles. The molecule has 0 atom stereocenters. The van der Waals surface area contributed by atoms with Crippen LogP contribution in [0.1, 0.15) is 30.5 Å². The van der Waals surface area contributed by atoms with Gasteiger partial charge in [-0.15, -0.1) is 0 Å². The average Bonchev–Trinajstić information content (AvgIpc) is 2.48. The third-order valence-electron chi connectivity index (χ3n) is 2.89. The van der Waals surface area contributed by atoms with E-state index >= 15 is 0 Å². The van der Waals surface area contributed by atoms with E-state index in [1.54, 1.807) is 7.11 Å². The second-order valence-corrected chi connectivity index (χ2v) is 4.36. The highest BCUT2D eigenvalue weighted by Crippen LogP contribution is 2.28. The van der Waals surface area contributed by atoms with Gasteiger partial charge in [0.15, 0.2) is 0 Å². The van der Waals surface area contributed by atoms with Crippen LogP contribution in [0.5, 0.6) is 11.5 Å². The summed E-state index contributed by atoms with van der Waals surface area (Å²) in [6.45, 7) is 8.65. The van der Waals surface area contributed by atoms with Crippen molar-refractivity contribution in [1.82, 2.24) is 0 Å². The summed E-state index contributed by atoms with van der Waals surface area (Å²) in [6.07, 6.45) is 0. The highest BCUT2D eigenvalue weighted by atomic mass is 16.5. The number of rotatable bonds is 4. The van der Waals surface area contributed by atoms with Crippen molar-refractivity contribution in [2.24, 2.45) is 0 Å². The molecule has 0 saturated carbocycles. The molecule has 0 amide bonds. The fourth-order valence-electron chi connectivity index (χ4n) is 2.06. The first-order valence-corrected chi connectivity index (χ1v) is 7.02. The molecule has 108 valence electrons. The Labute approximate surface area is 122 Å². The fourth-order valence-corrected chi connectivity index (χ4v) is 2.06. The monoisotopic (exact) mass is 272 g/mol. The summed E-state index contributed by atoms with van der Waals surface area (Å²) in [5.74, 6) is 1.82. The topological polar surface area (TPSA) is 18.5 Å². The van der Waals surface area contributed by atoms with Crippen molar-refractivity contribution in [1.29, 1.82) is 0 Å². The van der Waals surface area contributed by atoms with Gasteiger partial charge in [0.2, 0.25) is 0 Å². The average molecular weight is 272 g/mol. The fraction of sp³-hybridized carbons (Fsp3) is 0.333. The van der Waals surface area contributed by atoms with Crippen LogP contribution in [-0.4, -0.2) is 7.11 Å². The first-order valence-electron chi connectivity index (χ1n) is 7.02. The summed E-state index contributed by atoms with van der Waals surface area (Å²) < 4.78 is 11.1. The second-order valence-electron chi connectivity index (χ2n) is 4.36. The number of ether oxygens (including phenoxy) is 2. The van der Waals surface area contributed by atoms with Crippen LogP contribution in [0.15, 0.2) is 42.5 Å². The van der Waals surface area contributed by atoms with E-state index in [0.29, 0.717) is 6.61 Å². The van der Waals surface area contributed by atoms with Gasteiger partial charge in [0.25, 0.3) is 0 Å². The number of aryl methyl sites for hydroxylation is 2. The van der Waals surface area contributed by atoms with Crippen LogP contribution >= 0.6 is 0 Å². The Balaban J connectivity index is 0.000000956. The minimum Gasteiger partial charge on any atom is -0.496 e. The summed E-state index contributed by atoms with van der Waals surface area (Å²) in [6, 6.07) is 14.2. The molecule has 2 nitrogen and oxygen atoms in total. The lowest BCUT2D eigenvalue weighted by atomic mass is 10.1. The van der Waals surface area contributed by atoms with E-state index < -0.39 is 0 Å². The maximum absolute atomic E-state index is 5.80. The first-order chi connectivity index (χ1) is 9.70. The molecule has 0 bridgehead atoms. The number of methoxy groups -OCH3 is 1. The van der Waals surface area contributed by atoms with Gasteiger partial charge in [0.1, 0.15) is 18.1 Å². The van der Waals surface area contributed by atoms with Gasteiger partial charge in [-0.05, 0) is 42.7 Å². The number of hydrogen-bond acceptors (Lipinski definition) is 2. The Morgan fingerprint density at radius 1 is 0.900 bits per heavy atom. The first kappa shape index (κ1) is 16.1. The van der Waals surface area contributed by atoms with Gasteiger partial charge in [0, 0.05) is 0 Å². The zero-order valence-electron chi connectivity index (χ0n) is 13.1. The van der Waals surface area contributed by atoms with Crippen molar-refractivity contribution < 1.29 is 9.47 Å². The molecule has 2 heteroatoms. The molecule has 2 rings (SSSR count). The summed E-state index contributed by atoms with van der Waals surface area (Å²) in [5.41, 5.74) is 3.37. The summed E-state index contributed by atoms with van der Waals surface area (Å²) in [7, 11) is 1.69. The van der Waals surface area contributed by atoms with Gasteiger partial charge < -0.3 is 9.47 Å². The van der Waals surface area contributed by atoms with Gasteiger partial charge in [-0.3, -0.25) is 0 Å². The van der Waals surface area contributed by atoms with Crippen LogP contribution in [0.25, 0.3) is 0 Å². The largest absolute Gasteiger partial charge is 0.496 e. The van der Waals surface area contributed by atoms with E-state index in [1.807, 2.05) is 58.0 Å². The van der Waals surface area contributed by atoms with Crippen molar-refractivity contribution in [3.63, 3.8) is 0 Å². The zero-order chi connectivity index (χ0) is 15.0. The minimum absolute atomic E-state index is 0.589. The van der Waals surface area contributed by atoms with Gasteiger partial charge >= 0.3 is 0 Å². The van der Waals surface area contributed by atoms with Crippen molar-refractivity contribution in [3.05, 3.63) is 59.2 Å². The number of benzene rings is 2. The maximum Gasteiger partial charge on any atom is 0.124 e. The molecule has 0 aliphatic rings. The van der Waals surface area contributed by atoms with Crippen molar-refractivity contribution in [2.45, 2.75) is 34.3 Å². The van der Waals surface area contributed by atoms with E-state index in [1.165, 1.54) is 5.56 Å². The van der Waals surface area contributed by atoms with Crippen molar-refractivity contribution in [3.8, 4) is 11.5 Å². The van der Waals surface area contributed by atoms with E-state index in [9.17, 15) is 0 Å². The maximum atomic E-state index is 5.80. The molecule has 0 unspecified atom stereocenters. The SMILES string of the molecule is CC.COc1c(C)cc(OCc2ccccc2)cc1C. The van der Waals surface area contributed by atoms with Crippen molar-refractivity contribution >= 4 is 0 Å². The predicted molar refractivity (Wildman–Crippen MR) is 84.6 cm³/mol. The van der Waals surface area contributed by atoms with Gasteiger partial charge in [-0.2, -0.15) is 0 Å². The van der Waals surface area contributed by atoms with Crippen LogP contribution in [0, 0.1) is 13.8 Å². The lowest BCUT2D eigenvalue weighted by Crippen LogP contribution is -1.97. The molecule has 0 spiro atoms. The highest BCUT2D eigenvalue weighted by Gasteiger charge is 2.06. The Kier molecular flexibility index (Phi) is 6.65. The molecule has 2 aromatic rings. The molecule has 2 aromatic carbocycles. The Morgan fingerprint density at radius 2 is 1.45 bits per heavy atom. The predicted octanol–water partition coefficient (Wildman–Crippen LogP) is 4.92. The molecule has 0 aliphatic carbocycles. The summed E-state index contributed by atoms with van der Waals surface area (Å²) >= 11 is 0. The molecular formula is C18H24O2. The smallest absolute Gasteiger partial charge is 0.124 e. The van der Waals surface area contributed by atoms with Crippen LogP contribution in [0.4, 0.5) is 0 Å². The van der Waals surface area contributed by atoms with E-state index in [-0.39, 0.29) is 0 Å². The van der Waals surface area contributed by atoms with Crippen LogP contribution in [0.3, 0.4) is 0 Å². The van der Waals surface area contributed by atoms with Crippen LogP contribution in [-0.2, 0) is 6.61 Å². The Bertz CT molecular complexity index is 495. The lowest BCUT2D eigenvalue weighted by Gasteiger charge is -2.12. The van der Waals surface area contributed by atoms with Crippen LogP contribution < -0.4 is 9.47 Å². The van der Waals surface area contributed by atoms with Gasteiger partial charge in [-0.25, -0.2) is 0 Å². The lowest BCUT2D eigenvalue weighted by molar-refractivity contribution is 0.305. The molecule has 0 aliphatic heterocycles. The normalized spacial score (nSPS) is 9.45. The second kappa shape index (κ2) is 8.26. The Hall–Kier alpha value is -1.96. The summed E-state index contributed by atoms with van der Waals surface area (Å²) in [5, 5.41) is 0. The van der Waals surface area contributed by atoms with Gasteiger partial charge in [-0.1, -0.05) is 44.2 Å². The summed E-state index contributed by atoms with van der Waals surface area (Å²) in [4.78, 5) is 0. The zero-order valence-corrected chi connectivity index (χ0v) is 13.1. The molecule has 0 fully saturated rings. The van der Waals surface area contributed by atoms with Gasteiger partial charge in [0.05, 0.1) is 7.11 Å². The van der Waals surface area contributed by atoms with E-state index in [2.05, 4.69) is 12.1 Å². The molecule has 20 heavy (non-hydrogen) atoms. The minimum atomic E-state index is 0.589. The van der Waals surface area contributed by atoms with E-state index in [4.69, 9.17) is 9.47 Å². The van der Waals surface area contributed by atoms with Crippen LogP contribution in [0.2, 0.25) is 0 Å². The molecule has 0 radical (unpaired) electrons. The van der Waals surface area contributed by atoms with Crippen molar-refractivity contribution in [2.75, 3.05) is 7.11 Å². The highest BCUT2D eigenvalue weighted by molar-refractivity contribution is 5.45. The molecule has 0 aromatic heterocycles. The molecule has 0 N–H and O–H groups in total. The molecule has 0 saturated heterocycles. The van der Waals surface area contributed by atoms with E-state index in [0.717, 1.165) is 22.6 Å². The third kappa shape index (κ3) is 4.30. The Morgan fingerprint density at radius 3 is 1.95 bits per heavy atom. The molecular weight excluding hydrogens is 248 g/mol. The third-order valence-corrected chi connectivity index (χ3v) is 2.89. The number of hydrogen-bond donors (Lipinski definition) is 0.